The number of halogens is 2. The van der Waals surface area contributed by atoms with E-state index in [4.69, 9.17) is 16.3 Å². The Kier molecular flexibility index (Phi) is 8.01. The van der Waals surface area contributed by atoms with Crippen LogP contribution in [-0.4, -0.2) is 26.1 Å². The SMILES string of the molecule is COC(=O)c1ccc(NC(=O)/C(C#N)=C/c2cc(Cl)c(Cc3cccc(F)c3)c(OC)c2)cc1. The van der Waals surface area contributed by atoms with Gasteiger partial charge in [0.1, 0.15) is 23.2 Å². The van der Waals surface area contributed by atoms with Gasteiger partial charge in [-0.3, -0.25) is 4.79 Å². The van der Waals surface area contributed by atoms with Gasteiger partial charge in [0.25, 0.3) is 5.91 Å². The molecule has 3 aromatic carbocycles. The lowest BCUT2D eigenvalue weighted by atomic mass is 10.0. The largest absolute Gasteiger partial charge is 0.496 e. The van der Waals surface area contributed by atoms with E-state index >= 15 is 0 Å². The van der Waals surface area contributed by atoms with E-state index in [0.29, 0.717) is 39.6 Å². The Hall–Kier alpha value is -4.15. The summed E-state index contributed by atoms with van der Waals surface area (Å²) in [4.78, 5) is 24.1. The van der Waals surface area contributed by atoms with Gasteiger partial charge in [-0.2, -0.15) is 5.26 Å². The van der Waals surface area contributed by atoms with Crippen LogP contribution in [0.4, 0.5) is 10.1 Å². The number of benzene rings is 3. The number of esters is 1. The number of hydrogen-bond acceptors (Lipinski definition) is 5. The maximum Gasteiger partial charge on any atom is 0.337 e. The molecule has 6 nitrogen and oxygen atoms in total. The summed E-state index contributed by atoms with van der Waals surface area (Å²) in [5.74, 6) is -1.04. The molecule has 0 heterocycles. The van der Waals surface area contributed by atoms with Crippen molar-refractivity contribution in [2.45, 2.75) is 6.42 Å². The van der Waals surface area contributed by atoms with Crippen molar-refractivity contribution in [3.8, 4) is 11.8 Å². The number of anilines is 1. The molecule has 0 atom stereocenters. The molecular formula is C26H20ClFN2O4. The van der Waals surface area contributed by atoms with E-state index in [1.807, 2.05) is 6.07 Å². The molecule has 0 spiro atoms. The highest BCUT2D eigenvalue weighted by molar-refractivity contribution is 6.31. The van der Waals surface area contributed by atoms with Gasteiger partial charge in [0.2, 0.25) is 0 Å². The van der Waals surface area contributed by atoms with Crippen LogP contribution in [0.2, 0.25) is 5.02 Å². The second kappa shape index (κ2) is 11.1. The highest BCUT2D eigenvalue weighted by atomic mass is 35.5. The third kappa shape index (κ3) is 6.00. The molecule has 3 rings (SSSR count). The lowest BCUT2D eigenvalue weighted by Gasteiger charge is -2.13. The van der Waals surface area contributed by atoms with E-state index in [1.54, 1.807) is 24.3 Å². The molecule has 3 aromatic rings. The van der Waals surface area contributed by atoms with E-state index in [0.717, 1.165) is 5.56 Å². The molecule has 0 saturated carbocycles. The highest BCUT2D eigenvalue weighted by Crippen LogP contribution is 2.32. The second-order valence-corrected chi connectivity index (χ2v) is 7.59. The first-order chi connectivity index (χ1) is 16.3. The van der Waals surface area contributed by atoms with Crippen molar-refractivity contribution in [3.05, 3.63) is 99.3 Å². The van der Waals surface area contributed by atoms with Gasteiger partial charge in [-0.1, -0.05) is 23.7 Å². The number of hydrogen-bond donors (Lipinski definition) is 1. The predicted octanol–water partition coefficient (Wildman–Crippen LogP) is 5.41. The molecule has 0 aromatic heterocycles. The fraction of sp³-hybridized carbons (Fsp3) is 0.115. The number of amides is 1. The maximum absolute atomic E-state index is 13.5. The number of ether oxygens (including phenoxy) is 2. The summed E-state index contributed by atoms with van der Waals surface area (Å²) < 4.78 is 23.6. The van der Waals surface area contributed by atoms with Crippen LogP contribution in [0, 0.1) is 17.1 Å². The first-order valence-corrected chi connectivity index (χ1v) is 10.4. The van der Waals surface area contributed by atoms with Gasteiger partial charge in [-0.25, -0.2) is 9.18 Å². The number of rotatable bonds is 7. The van der Waals surface area contributed by atoms with Crippen LogP contribution in [0.25, 0.3) is 6.08 Å². The minimum Gasteiger partial charge on any atom is -0.496 e. The smallest absolute Gasteiger partial charge is 0.337 e. The van der Waals surface area contributed by atoms with Crippen LogP contribution < -0.4 is 10.1 Å². The molecule has 0 aliphatic heterocycles. The van der Waals surface area contributed by atoms with Crippen molar-refractivity contribution in [2.75, 3.05) is 19.5 Å². The number of nitrogens with zero attached hydrogens (tertiary/aromatic N) is 1. The molecule has 0 radical (unpaired) electrons. The average molecular weight is 479 g/mol. The molecule has 8 heteroatoms. The van der Waals surface area contributed by atoms with E-state index in [9.17, 15) is 19.2 Å². The molecule has 0 unspecified atom stereocenters. The van der Waals surface area contributed by atoms with E-state index in [1.165, 1.54) is 56.7 Å². The molecular weight excluding hydrogens is 459 g/mol. The monoisotopic (exact) mass is 478 g/mol. The maximum atomic E-state index is 13.5. The number of nitriles is 1. The van der Waals surface area contributed by atoms with Crippen molar-refractivity contribution in [3.63, 3.8) is 0 Å². The van der Waals surface area contributed by atoms with Gasteiger partial charge in [0, 0.05) is 22.7 Å². The van der Waals surface area contributed by atoms with Crippen LogP contribution in [0.3, 0.4) is 0 Å². The molecule has 172 valence electrons. The Bertz CT molecular complexity index is 1300. The number of nitrogens with one attached hydrogen (secondary N) is 1. The fourth-order valence-corrected chi connectivity index (χ4v) is 3.53. The van der Waals surface area contributed by atoms with Crippen molar-refractivity contribution in [1.82, 2.24) is 0 Å². The van der Waals surface area contributed by atoms with Crippen LogP contribution in [0.1, 0.15) is 27.0 Å². The molecule has 1 amide bonds. The van der Waals surface area contributed by atoms with Gasteiger partial charge in [-0.15, -0.1) is 0 Å². The van der Waals surface area contributed by atoms with Crippen molar-refractivity contribution < 1.29 is 23.5 Å². The Morgan fingerprint density at radius 1 is 1.12 bits per heavy atom. The first-order valence-electron chi connectivity index (χ1n) is 10.1. The normalized spacial score (nSPS) is 10.9. The lowest BCUT2D eigenvalue weighted by Crippen LogP contribution is -2.13. The lowest BCUT2D eigenvalue weighted by molar-refractivity contribution is -0.112. The van der Waals surface area contributed by atoms with Gasteiger partial charge >= 0.3 is 5.97 Å². The molecule has 0 aliphatic carbocycles. The summed E-state index contributed by atoms with van der Waals surface area (Å²) >= 11 is 6.47. The molecule has 1 N–H and O–H groups in total. The van der Waals surface area contributed by atoms with E-state index in [-0.39, 0.29) is 11.4 Å². The minimum atomic E-state index is -0.632. The Morgan fingerprint density at radius 3 is 2.47 bits per heavy atom. The standard InChI is InChI=1S/C26H20ClFN2O4/c1-33-24-14-17(13-23(27)22(24)12-16-4-3-5-20(28)11-16)10-19(15-29)25(31)30-21-8-6-18(7-9-21)26(32)34-2/h3-11,13-14H,12H2,1-2H3,(H,30,31)/b19-10+. The molecule has 34 heavy (non-hydrogen) atoms. The quantitative estimate of drug-likeness (QED) is 0.278. The summed E-state index contributed by atoms with van der Waals surface area (Å²) in [6, 6.07) is 17.4. The number of carbonyl (C=O) groups is 2. The zero-order chi connectivity index (χ0) is 24.7. The molecule has 0 bridgehead atoms. The summed E-state index contributed by atoms with van der Waals surface area (Å²) in [7, 11) is 2.75. The molecule has 0 saturated heterocycles. The Labute approximate surface area is 201 Å². The third-order valence-electron chi connectivity index (χ3n) is 4.91. The van der Waals surface area contributed by atoms with Crippen LogP contribution in [0.15, 0.2) is 66.2 Å². The van der Waals surface area contributed by atoms with Crippen molar-refractivity contribution in [1.29, 1.82) is 5.26 Å². The summed E-state index contributed by atoms with van der Waals surface area (Å²) in [5.41, 5.74) is 2.43. The molecule has 0 aliphatic rings. The van der Waals surface area contributed by atoms with E-state index < -0.39 is 11.9 Å². The summed E-state index contributed by atoms with van der Waals surface area (Å²) in [6.07, 6.45) is 1.73. The zero-order valence-corrected chi connectivity index (χ0v) is 19.2. The highest BCUT2D eigenvalue weighted by Gasteiger charge is 2.14. The summed E-state index contributed by atoms with van der Waals surface area (Å²) in [6.45, 7) is 0. The van der Waals surface area contributed by atoms with Gasteiger partial charge in [-0.05, 0) is 65.7 Å². The van der Waals surface area contributed by atoms with Crippen molar-refractivity contribution >= 4 is 35.2 Å². The first kappa shape index (κ1) is 24.5. The predicted molar refractivity (Wildman–Crippen MR) is 127 cm³/mol. The molecule has 0 fully saturated rings. The van der Waals surface area contributed by atoms with Crippen LogP contribution in [-0.2, 0) is 16.0 Å². The van der Waals surface area contributed by atoms with Crippen LogP contribution in [0.5, 0.6) is 5.75 Å². The van der Waals surface area contributed by atoms with E-state index in [2.05, 4.69) is 10.1 Å². The third-order valence-corrected chi connectivity index (χ3v) is 5.24. The second-order valence-electron chi connectivity index (χ2n) is 7.18. The average Bonchev–Trinajstić information content (AvgIpc) is 2.83. The zero-order valence-electron chi connectivity index (χ0n) is 18.4. The van der Waals surface area contributed by atoms with Crippen LogP contribution >= 0.6 is 11.6 Å². The Balaban J connectivity index is 1.83. The Morgan fingerprint density at radius 2 is 1.85 bits per heavy atom. The number of methoxy groups -OCH3 is 2. The minimum absolute atomic E-state index is 0.159. The fourth-order valence-electron chi connectivity index (χ4n) is 3.24. The summed E-state index contributed by atoms with van der Waals surface area (Å²) in [5, 5.41) is 12.5. The van der Waals surface area contributed by atoms with Gasteiger partial charge in [0.15, 0.2) is 0 Å². The topological polar surface area (TPSA) is 88.4 Å². The van der Waals surface area contributed by atoms with Gasteiger partial charge < -0.3 is 14.8 Å². The van der Waals surface area contributed by atoms with Gasteiger partial charge in [0.05, 0.1) is 19.8 Å². The van der Waals surface area contributed by atoms with Crippen molar-refractivity contribution in [2.24, 2.45) is 0 Å². The number of carbonyl (C=O) groups excluding carboxylic acids is 2.